The molecule has 4 N–H and O–H groups in total. The molecule has 0 aliphatic heterocycles. The Morgan fingerprint density at radius 3 is 1.86 bits per heavy atom. The summed E-state index contributed by atoms with van der Waals surface area (Å²) in [5.41, 5.74) is 7.84. The first-order valence-corrected chi connectivity index (χ1v) is 4.40. The van der Waals surface area contributed by atoms with Crippen molar-refractivity contribution in [2.24, 2.45) is 5.73 Å². The molecular weight excluding hydrogens is 196 g/mol. The topological polar surface area (TPSA) is 51.6 Å². The van der Waals surface area contributed by atoms with Crippen molar-refractivity contribution >= 4 is 5.84 Å². The first-order valence-electron chi connectivity index (χ1n) is 4.40. The summed E-state index contributed by atoms with van der Waals surface area (Å²) in [6, 6.07) is 8.04. The smallest absolute Gasteiger partial charge is 0.270 e. The van der Waals surface area contributed by atoms with Gasteiger partial charge in [-0.15, -0.1) is 0 Å². The van der Waals surface area contributed by atoms with Gasteiger partial charge in [0, 0.05) is 0 Å². The van der Waals surface area contributed by atoms with Crippen LogP contribution in [0.15, 0.2) is 24.3 Å². The molecule has 0 atom stereocenters. The quantitative estimate of drug-likeness (QED) is 0.391. The lowest BCUT2D eigenvalue weighted by Gasteiger charge is -2.18. The van der Waals surface area contributed by atoms with Gasteiger partial charge < -0.3 is 12.4 Å². The van der Waals surface area contributed by atoms with E-state index in [-0.39, 0.29) is 17.8 Å². The van der Waals surface area contributed by atoms with Crippen LogP contribution in [0, 0.1) is 0 Å². The molecule has 14 heavy (non-hydrogen) atoms. The number of nitrogens with two attached hydrogens (primary N) is 2. The third-order valence-corrected chi connectivity index (χ3v) is 2.08. The second kappa shape index (κ2) is 4.47. The summed E-state index contributed by atoms with van der Waals surface area (Å²) in [7, 11) is 0. The summed E-state index contributed by atoms with van der Waals surface area (Å²) in [4.78, 5) is 0. The lowest BCUT2D eigenvalue weighted by molar-refractivity contribution is -0.114. The van der Waals surface area contributed by atoms with Gasteiger partial charge in [0.2, 0.25) is 0 Å². The molecule has 0 heterocycles. The van der Waals surface area contributed by atoms with Crippen LogP contribution in [0.1, 0.15) is 31.9 Å². The molecule has 1 aromatic rings. The minimum Gasteiger partial charge on any atom is -1.00 e. The highest BCUT2D eigenvalue weighted by atomic mass is 35.5. The van der Waals surface area contributed by atoms with Crippen molar-refractivity contribution in [3.63, 3.8) is 0 Å². The van der Waals surface area contributed by atoms with Crippen LogP contribution in [0.2, 0.25) is 0 Å². The maximum atomic E-state index is 5.47. The molecule has 78 valence electrons. The van der Waals surface area contributed by atoms with Crippen molar-refractivity contribution in [2.45, 2.75) is 26.2 Å². The van der Waals surface area contributed by atoms with Crippen molar-refractivity contribution in [2.75, 3.05) is 0 Å². The Hall–Kier alpha value is -1.02. The lowest BCUT2D eigenvalue weighted by Crippen LogP contribution is -3.00. The van der Waals surface area contributed by atoms with Gasteiger partial charge in [-0.2, -0.15) is 0 Å². The standard InChI is InChI=1S/C11H16N2.ClH/c1-11(2,3)9-6-4-8(5-7-9)10(12)13;/h4-7H,1-3H3,(H3,12,13);1H. The highest BCUT2D eigenvalue weighted by Gasteiger charge is 2.13. The van der Waals surface area contributed by atoms with Crippen LogP contribution in [0.4, 0.5) is 0 Å². The molecule has 2 nitrogen and oxygen atoms in total. The third kappa shape index (κ3) is 3.04. The molecule has 1 rings (SSSR count). The van der Waals surface area contributed by atoms with Crippen LogP contribution in [-0.2, 0) is 5.41 Å². The number of amidine groups is 1. The Kier molecular flexibility index (Phi) is 4.14. The molecule has 3 heteroatoms. The molecule has 0 radical (unpaired) electrons. The summed E-state index contributed by atoms with van der Waals surface area (Å²) in [5, 5.41) is 5.47. The van der Waals surface area contributed by atoms with Crippen LogP contribution in [0.5, 0.6) is 0 Å². The van der Waals surface area contributed by atoms with Crippen molar-refractivity contribution in [1.82, 2.24) is 0 Å². The zero-order valence-electron chi connectivity index (χ0n) is 8.84. The normalized spacial score (nSPS) is 10.5. The minimum atomic E-state index is 0. The van der Waals surface area contributed by atoms with E-state index in [1.54, 1.807) is 0 Å². The van der Waals surface area contributed by atoms with Gasteiger partial charge >= 0.3 is 0 Å². The van der Waals surface area contributed by atoms with Gasteiger partial charge in [-0.1, -0.05) is 32.9 Å². The number of hydrogen-bond acceptors (Lipinski definition) is 0. The zero-order chi connectivity index (χ0) is 10.1. The van der Waals surface area contributed by atoms with Crippen molar-refractivity contribution in [3.8, 4) is 0 Å². The van der Waals surface area contributed by atoms with Crippen molar-refractivity contribution in [3.05, 3.63) is 35.4 Å². The molecule has 0 aromatic heterocycles. The predicted molar refractivity (Wildman–Crippen MR) is 55.4 cm³/mol. The Labute approximate surface area is 91.4 Å². The van der Waals surface area contributed by atoms with Crippen molar-refractivity contribution in [1.29, 1.82) is 0 Å². The maximum Gasteiger partial charge on any atom is 0.270 e. The van der Waals surface area contributed by atoms with Crippen LogP contribution in [0.25, 0.3) is 0 Å². The molecule has 0 aliphatic carbocycles. The molecule has 0 saturated carbocycles. The fraction of sp³-hybridized carbons (Fsp3) is 0.364. The first-order chi connectivity index (χ1) is 5.91. The summed E-state index contributed by atoms with van der Waals surface area (Å²) in [5.74, 6) is 0.375. The van der Waals surface area contributed by atoms with Gasteiger partial charge in [0.25, 0.3) is 5.84 Å². The fourth-order valence-corrected chi connectivity index (χ4v) is 1.16. The predicted octanol–water partition coefficient (Wildman–Crippen LogP) is -2.55. The van der Waals surface area contributed by atoms with E-state index in [4.69, 9.17) is 11.1 Å². The zero-order valence-corrected chi connectivity index (χ0v) is 9.60. The average molecular weight is 213 g/mol. The van der Waals surface area contributed by atoms with Gasteiger partial charge in [-0.05, 0) is 23.1 Å². The van der Waals surface area contributed by atoms with E-state index < -0.39 is 0 Å². The van der Waals surface area contributed by atoms with Gasteiger partial charge in [-0.3, -0.25) is 11.1 Å². The van der Waals surface area contributed by atoms with Crippen LogP contribution in [-0.4, -0.2) is 5.84 Å². The van der Waals surface area contributed by atoms with Gasteiger partial charge in [0.1, 0.15) is 0 Å². The number of hydrogen-bond donors (Lipinski definition) is 2. The van der Waals surface area contributed by atoms with E-state index in [1.807, 2.05) is 12.1 Å². The van der Waals surface area contributed by atoms with E-state index in [0.29, 0.717) is 5.84 Å². The summed E-state index contributed by atoms with van der Waals surface area (Å²) in [6.45, 7) is 6.53. The molecule has 0 bridgehead atoms. The highest BCUT2D eigenvalue weighted by Crippen LogP contribution is 2.21. The SMILES string of the molecule is CC(C)(C)c1ccc(C(N)=[NH2+])cc1.[Cl-]. The van der Waals surface area contributed by atoms with Gasteiger partial charge in [0.05, 0.1) is 5.56 Å². The first kappa shape index (κ1) is 13.0. The average Bonchev–Trinajstić information content (AvgIpc) is 2.03. The Morgan fingerprint density at radius 2 is 1.57 bits per heavy atom. The van der Waals surface area contributed by atoms with Crippen molar-refractivity contribution < 1.29 is 17.8 Å². The number of rotatable bonds is 1. The maximum absolute atomic E-state index is 5.47. The van der Waals surface area contributed by atoms with Crippen LogP contribution >= 0.6 is 0 Å². The lowest BCUT2D eigenvalue weighted by atomic mass is 9.87. The van der Waals surface area contributed by atoms with Crippen LogP contribution in [0.3, 0.4) is 0 Å². The minimum absolute atomic E-state index is 0. The Balaban J connectivity index is 0.00000169. The molecule has 0 saturated heterocycles. The number of benzene rings is 1. The van der Waals surface area contributed by atoms with E-state index in [2.05, 4.69) is 32.9 Å². The Bertz CT molecular complexity index is 309. The van der Waals surface area contributed by atoms with E-state index >= 15 is 0 Å². The van der Waals surface area contributed by atoms with E-state index in [1.165, 1.54) is 5.56 Å². The highest BCUT2D eigenvalue weighted by molar-refractivity contribution is 5.92. The fourth-order valence-electron chi connectivity index (χ4n) is 1.16. The molecule has 0 aliphatic rings. The molecule has 1 aromatic carbocycles. The molecular formula is C11H17ClN2. The second-order valence-electron chi connectivity index (χ2n) is 4.28. The largest absolute Gasteiger partial charge is 1.00 e. The van der Waals surface area contributed by atoms with Gasteiger partial charge in [0.15, 0.2) is 0 Å². The summed E-state index contributed by atoms with van der Waals surface area (Å²) >= 11 is 0. The second-order valence-corrected chi connectivity index (χ2v) is 4.28. The monoisotopic (exact) mass is 212 g/mol. The molecule has 0 amide bonds. The van der Waals surface area contributed by atoms with E-state index in [9.17, 15) is 0 Å². The molecule has 0 unspecified atom stereocenters. The van der Waals surface area contributed by atoms with Crippen LogP contribution < -0.4 is 23.5 Å². The summed E-state index contributed by atoms with van der Waals surface area (Å²) < 4.78 is 0. The molecule has 0 fully saturated rings. The Morgan fingerprint density at radius 1 is 1.14 bits per heavy atom. The van der Waals surface area contributed by atoms with E-state index in [0.717, 1.165) is 5.56 Å². The van der Waals surface area contributed by atoms with Gasteiger partial charge in [-0.25, -0.2) is 0 Å². The summed E-state index contributed by atoms with van der Waals surface area (Å²) in [6.07, 6.45) is 0. The number of halogens is 1. The third-order valence-electron chi connectivity index (χ3n) is 2.08. The molecule has 0 spiro atoms.